The Morgan fingerprint density at radius 1 is 1.11 bits per heavy atom. The van der Waals surface area contributed by atoms with Gasteiger partial charge in [-0.2, -0.15) is 0 Å². The van der Waals surface area contributed by atoms with Crippen molar-refractivity contribution in [1.82, 2.24) is 4.90 Å². The van der Waals surface area contributed by atoms with Gasteiger partial charge in [0.25, 0.3) is 0 Å². The Hall–Kier alpha value is -1.10. The minimum atomic E-state index is -0.315. The van der Waals surface area contributed by atoms with Gasteiger partial charge in [-0.25, -0.2) is 0 Å². The summed E-state index contributed by atoms with van der Waals surface area (Å²) in [5.41, 5.74) is 11.3. The molecule has 5 nitrogen and oxygen atoms in total. The molecule has 0 aromatic heterocycles. The first-order valence-corrected chi connectivity index (χ1v) is 7.42. The smallest absolute Gasteiger partial charge is 0.226 e. The van der Waals surface area contributed by atoms with Gasteiger partial charge in [-0.05, 0) is 38.5 Å². The van der Waals surface area contributed by atoms with Crippen LogP contribution in [0.5, 0.6) is 0 Å². The number of hydrogen-bond donors (Lipinski definition) is 2. The SMILES string of the molecule is NC(=O)C[C@@H]1CCCCN1C(=O)[C@H]1CCC[C@H](N)C1. The molecule has 3 atom stereocenters. The van der Waals surface area contributed by atoms with E-state index in [9.17, 15) is 9.59 Å². The molecular weight excluding hydrogens is 242 g/mol. The van der Waals surface area contributed by atoms with Crippen molar-refractivity contribution in [1.29, 1.82) is 0 Å². The van der Waals surface area contributed by atoms with Crippen LogP contribution in [0, 0.1) is 5.92 Å². The van der Waals surface area contributed by atoms with Gasteiger partial charge in [0.1, 0.15) is 0 Å². The van der Waals surface area contributed by atoms with Gasteiger partial charge in [-0.1, -0.05) is 6.42 Å². The average Bonchev–Trinajstić information content (AvgIpc) is 2.38. The third kappa shape index (κ3) is 3.69. The molecule has 19 heavy (non-hydrogen) atoms. The van der Waals surface area contributed by atoms with E-state index in [0.717, 1.165) is 51.5 Å². The van der Waals surface area contributed by atoms with Gasteiger partial charge in [0.2, 0.25) is 11.8 Å². The fourth-order valence-electron chi connectivity index (χ4n) is 3.42. The van der Waals surface area contributed by atoms with Crippen molar-refractivity contribution >= 4 is 11.8 Å². The molecule has 1 saturated carbocycles. The zero-order chi connectivity index (χ0) is 13.8. The number of likely N-dealkylation sites (tertiary alicyclic amines) is 1. The minimum absolute atomic E-state index is 0.0110. The van der Waals surface area contributed by atoms with E-state index in [4.69, 9.17) is 11.5 Å². The van der Waals surface area contributed by atoms with Crippen LogP contribution in [0.4, 0.5) is 0 Å². The van der Waals surface area contributed by atoms with Crippen molar-refractivity contribution in [3.05, 3.63) is 0 Å². The van der Waals surface area contributed by atoms with E-state index in [1.54, 1.807) is 0 Å². The summed E-state index contributed by atoms with van der Waals surface area (Å²) in [5.74, 6) is -0.0663. The Labute approximate surface area is 114 Å². The summed E-state index contributed by atoms with van der Waals surface area (Å²) in [4.78, 5) is 25.6. The van der Waals surface area contributed by atoms with Crippen molar-refractivity contribution in [2.45, 2.75) is 63.5 Å². The Kier molecular flexibility index (Phi) is 4.80. The van der Waals surface area contributed by atoms with Crippen LogP contribution in [0.15, 0.2) is 0 Å². The van der Waals surface area contributed by atoms with Crippen LogP contribution in [0.3, 0.4) is 0 Å². The van der Waals surface area contributed by atoms with Crippen molar-refractivity contribution in [3.63, 3.8) is 0 Å². The van der Waals surface area contributed by atoms with E-state index in [1.165, 1.54) is 0 Å². The Balaban J connectivity index is 2.00. The lowest BCUT2D eigenvalue weighted by atomic mass is 9.84. The normalized spacial score (nSPS) is 32.1. The lowest BCUT2D eigenvalue weighted by Crippen LogP contribution is -2.49. The number of carbonyl (C=O) groups is 2. The first kappa shape index (κ1) is 14.3. The maximum Gasteiger partial charge on any atom is 0.226 e. The molecule has 0 unspecified atom stereocenters. The molecule has 2 fully saturated rings. The molecule has 0 bridgehead atoms. The molecule has 4 N–H and O–H groups in total. The first-order chi connectivity index (χ1) is 9.08. The van der Waals surface area contributed by atoms with Crippen molar-refractivity contribution in [2.24, 2.45) is 17.4 Å². The quantitative estimate of drug-likeness (QED) is 0.791. The molecule has 0 spiro atoms. The molecule has 2 amide bonds. The van der Waals surface area contributed by atoms with E-state index >= 15 is 0 Å². The van der Waals surface area contributed by atoms with Crippen LogP contribution in [-0.2, 0) is 9.59 Å². The summed E-state index contributed by atoms with van der Waals surface area (Å²) >= 11 is 0. The summed E-state index contributed by atoms with van der Waals surface area (Å²) in [7, 11) is 0. The van der Waals surface area contributed by atoms with Crippen LogP contribution in [0.1, 0.15) is 51.4 Å². The standard InChI is InChI=1S/C14H25N3O2/c15-11-5-3-4-10(8-11)14(19)17-7-2-1-6-12(17)9-13(16)18/h10-12H,1-9,15H2,(H2,16,18)/t10-,11-,12-/m0/s1. The minimum Gasteiger partial charge on any atom is -0.370 e. The highest BCUT2D eigenvalue weighted by atomic mass is 16.2. The Morgan fingerprint density at radius 2 is 1.89 bits per heavy atom. The van der Waals surface area contributed by atoms with Crippen molar-refractivity contribution in [3.8, 4) is 0 Å². The zero-order valence-electron chi connectivity index (χ0n) is 11.5. The predicted octanol–water partition coefficient (Wildman–Crippen LogP) is 0.760. The number of carbonyl (C=O) groups excluding carboxylic acids is 2. The number of rotatable bonds is 3. The van der Waals surface area contributed by atoms with Gasteiger partial charge >= 0.3 is 0 Å². The summed E-state index contributed by atoms with van der Waals surface area (Å²) in [6.45, 7) is 0.766. The van der Waals surface area contributed by atoms with E-state index in [2.05, 4.69) is 0 Å². The monoisotopic (exact) mass is 267 g/mol. The molecule has 2 aliphatic rings. The van der Waals surface area contributed by atoms with Gasteiger partial charge in [0.15, 0.2) is 0 Å². The molecule has 108 valence electrons. The lowest BCUT2D eigenvalue weighted by Gasteiger charge is -2.39. The number of nitrogens with two attached hydrogens (primary N) is 2. The van der Waals surface area contributed by atoms with Crippen LogP contribution < -0.4 is 11.5 Å². The van der Waals surface area contributed by atoms with Crippen molar-refractivity contribution in [2.75, 3.05) is 6.54 Å². The van der Waals surface area contributed by atoms with Gasteiger partial charge < -0.3 is 16.4 Å². The van der Waals surface area contributed by atoms with Gasteiger partial charge in [-0.15, -0.1) is 0 Å². The highest BCUT2D eigenvalue weighted by Crippen LogP contribution is 2.28. The molecule has 5 heteroatoms. The second kappa shape index (κ2) is 6.37. The van der Waals surface area contributed by atoms with Gasteiger partial charge in [-0.3, -0.25) is 9.59 Å². The third-order valence-electron chi connectivity index (χ3n) is 4.41. The van der Waals surface area contributed by atoms with Gasteiger partial charge in [0.05, 0.1) is 0 Å². The van der Waals surface area contributed by atoms with Crippen LogP contribution in [-0.4, -0.2) is 35.3 Å². The second-order valence-corrected chi connectivity index (χ2v) is 5.98. The Morgan fingerprint density at radius 3 is 2.58 bits per heavy atom. The molecular formula is C14H25N3O2. The molecule has 1 saturated heterocycles. The van der Waals surface area contributed by atoms with Crippen LogP contribution in [0.25, 0.3) is 0 Å². The largest absolute Gasteiger partial charge is 0.370 e. The van der Waals surface area contributed by atoms with Crippen molar-refractivity contribution < 1.29 is 9.59 Å². The van der Waals surface area contributed by atoms with Gasteiger partial charge in [0, 0.05) is 31.0 Å². The Bertz CT molecular complexity index is 346. The fourth-order valence-corrected chi connectivity index (χ4v) is 3.42. The summed E-state index contributed by atoms with van der Waals surface area (Å²) in [6.07, 6.45) is 7.08. The summed E-state index contributed by atoms with van der Waals surface area (Å²) < 4.78 is 0. The van der Waals surface area contributed by atoms with Crippen LogP contribution in [0.2, 0.25) is 0 Å². The highest BCUT2D eigenvalue weighted by molar-refractivity contribution is 5.81. The third-order valence-corrected chi connectivity index (χ3v) is 4.41. The highest BCUT2D eigenvalue weighted by Gasteiger charge is 2.34. The maximum atomic E-state index is 12.6. The second-order valence-electron chi connectivity index (χ2n) is 5.98. The maximum absolute atomic E-state index is 12.6. The van der Waals surface area contributed by atoms with E-state index in [1.807, 2.05) is 4.90 Å². The summed E-state index contributed by atoms with van der Waals surface area (Å²) in [6, 6.07) is 0.166. The number of nitrogens with zero attached hydrogens (tertiary/aromatic N) is 1. The molecule has 0 radical (unpaired) electrons. The number of piperidine rings is 1. The molecule has 1 aliphatic carbocycles. The first-order valence-electron chi connectivity index (χ1n) is 7.42. The average molecular weight is 267 g/mol. The molecule has 2 rings (SSSR count). The number of amides is 2. The zero-order valence-corrected chi connectivity index (χ0v) is 11.5. The summed E-state index contributed by atoms with van der Waals surface area (Å²) in [5, 5.41) is 0. The topological polar surface area (TPSA) is 89.4 Å². The molecule has 0 aromatic carbocycles. The predicted molar refractivity (Wildman–Crippen MR) is 73.1 cm³/mol. The van der Waals surface area contributed by atoms with E-state index in [-0.39, 0.29) is 29.8 Å². The number of primary amides is 1. The molecule has 0 aromatic rings. The molecule has 1 heterocycles. The fraction of sp³-hybridized carbons (Fsp3) is 0.857. The molecule has 1 aliphatic heterocycles. The lowest BCUT2D eigenvalue weighted by molar-refractivity contribution is -0.141. The number of hydrogen-bond acceptors (Lipinski definition) is 3. The van der Waals surface area contributed by atoms with Crippen LogP contribution >= 0.6 is 0 Å². The van der Waals surface area contributed by atoms with E-state index < -0.39 is 0 Å². The van der Waals surface area contributed by atoms with E-state index in [0.29, 0.717) is 6.42 Å².